The number of carbonyl (C=O) groups is 1. The maximum Gasteiger partial charge on any atom is 0.328 e. The lowest BCUT2D eigenvalue weighted by Gasteiger charge is -2.25. The Kier molecular flexibility index (Phi) is 4.87. The highest BCUT2D eigenvalue weighted by molar-refractivity contribution is 7.99. The summed E-state index contributed by atoms with van der Waals surface area (Å²) in [5.41, 5.74) is 1.94. The van der Waals surface area contributed by atoms with E-state index in [4.69, 9.17) is 14.6 Å². The molecule has 1 heterocycles. The minimum absolute atomic E-state index is 0.558. The van der Waals surface area contributed by atoms with Crippen LogP contribution in [0.5, 0.6) is 5.75 Å². The number of hydrogen-bond acceptors (Lipinski definition) is 4. The van der Waals surface area contributed by atoms with Gasteiger partial charge in [0.05, 0.1) is 25.6 Å². The Balaban J connectivity index is 2.08. The molecule has 5 heteroatoms. The first-order valence-electron chi connectivity index (χ1n) is 5.96. The molecule has 0 unspecified atom stereocenters. The quantitative estimate of drug-likeness (QED) is 0.811. The molecule has 1 fully saturated rings. The van der Waals surface area contributed by atoms with Gasteiger partial charge < -0.3 is 14.6 Å². The van der Waals surface area contributed by atoms with Gasteiger partial charge in [-0.2, -0.15) is 0 Å². The molecule has 0 spiro atoms. The van der Waals surface area contributed by atoms with Crippen molar-refractivity contribution in [2.45, 2.75) is 11.0 Å². The van der Waals surface area contributed by atoms with Gasteiger partial charge in [-0.15, -0.1) is 11.8 Å². The number of rotatable bonds is 6. The molecule has 0 atom stereocenters. The van der Waals surface area contributed by atoms with Crippen molar-refractivity contribution < 1.29 is 19.4 Å². The first-order valence-corrected chi connectivity index (χ1v) is 7.01. The van der Waals surface area contributed by atoms with Gasteiger partial charge in [-0.3, -0.25) is 0 Å². The van der Waals surface area contributed by atoms with Gasteiger partial charge in [0.25, 0.3) is 0 Å². The Labute approximate surface area is 116 Å². The van der Waals surface area contributed by atoms with Crippen LogP contribution in [-0.2, 0) is 15.3 Å². The second-order valence-corrected chi connectivity index (χ2v) is 5.50. The van der Waals surface area contributed by atoms with Gasteiger partial charge in [-0.25, -0.2) is 4.79 Å². The summed E-state index contributed by atoms with van der Waals surface area (Å²) in [7, 11) is 1.64. The van der Waals surface area contributed by atoms with Gasteiger partial charge in [0.1, 0.15) is 5.75 Å². The summed E-state index contributed by atoms with van der Waals surface area (Å²) in [4.78, 5) is 10.5. The van der Waals surface area contributed by atoms with Gasteiger partial charge in [0, 0.05) is 17.4 Å². The number of methoxy groups -OCH3 is 1. The summed E-state index contributed by atoms with van der Waals surface area (Å²) in [5, 5.41) is 9.19. The van der Waals surface area contributed by atoms with Gasteiger partial charge in [0.2, 0.25) is 0 Å². The summed E-state index contributed by atoms with van der Waals surface area (Å²) < 4.78 is 10.5. The van der Waals surface area contributed by atoms with Gasteiger partial charge >= 0.3 is 5.97 Å². The van der Waals surface area contributed by atoms with E-state index in [1.165, 1.54) is 0 Å². The monoisotopic (exact) mass is 280 g/mol. The van der Waals surface area contributed by atoms with Crippen LogP contribution in [-0.4, -0.2) is 36.6 Å². The number of carboxylic acids is 1. The van der Waals surface area contributed by atoms with E-state index < -0.39 is 5.97 Å². The first kappa shape index (κ1) is 14.0. The van der Waals surface area contributed by atoms with Crippen LogP contribution in [0.25, 0.3) is 6.08 Å². The number of hydrogen-bond donors (Lipinski definition) is 1. The molecule has 1 aromatic rings. The third-order valence-electron chi connectivity index (χ3n) is 2.80. The molecule has 1 aliphatic heterocycles. The van der Waals surface area contributed by atoms with E-state index in [-0.39, 0.29) is 0 Å². The van der Waals surface area contributed by atoms with E-state index in [1.54, 1.807) is 13.2 Å². The smallest absolute Gasteiger partial charge is 0.328 e. The molecule has 2 rings (SSSR count). The molecular weight excluding hydrogens is 264 g/mol. The fraction of sp³-hybridized carbons (Fsp3) is 0.357. The molecule has 0 amide bonds. The van der Waals surface area contributed by atoms with Crippen molar-refractivity contribution in [1.82, 2.24) is 0 Å². The Morgan fingerprint density at radius 1 is 1.58 bits per heavy atom. The number of thioether (sulfide) groups is 1. The molecule has 19 heavy (non-hydrogen) atoms. The van der Waals surface area contributed by atoms with E-state index in [0.717, 1.165) is 41.9 Å². The lowest BCUT2D eigenvalue weighted by atomic mass is 10.1. The number of aliphatic carboxylic acids is 1. The largest absolute Gasteiger partial charge is 0.496 e. The maximum atomic E-state index is 10.5. The van der Waals surface area contributed by atoms with Gasteiger partial charge in [0.15, 0.2) is 0 Å². The second kappa shape index (κ2) is 6.63. The van der Waals surface area contributed by atoms with Gasteiger partial charge in [-0.05, 0) is 23.8 Å². The zero-order valence-corrected chi connectivity index (χ0v) is 11.5. The molecule has 1 aliphatic rings. The SMILES string of the molecule is COc1ccc(C=CC(=O)O)cc1CSC1COC1. The molecule has 0 aromatic heterocycles. The molecule has 0 bridgehead atoms. The van der Waals surface area contributed by atoms with E-state index in [1.807, 2.05) is 30.0 Å². The lowest BCUT2D eigenvalue weighted by Crippen LogP contribution is -2.30. The van der Waals surface area contributed by atoms with Crippen molar-refractivity contribution in [3.8, 4) is 5.75 Å². The molecule has 0 radical (unpaired) electrons. The van der Waals surface area contributed by atoms with Crippen LogP contribution >= 0.6 is 11.8 Å². The average Bonchev–Trinajstić information content (AvgIpc) is 2.34. The summed E-state index contributed by atoms with van der Waals surface area (Å²) in [5.74, 6) is 0.727. The minimum atomic E-state index is -0.946. The predicted molar refractivity (Wildman–Crippen MR) is 75.6 cm³/mol. The molecule has 1 aromatic carbocycles. The molecule has 0 saturated carbocycles. The van der Waals surface area contributed by atoms with Crippen LogP contribution in [0.2, 0.25) is 0 Å². The van der Waals surface area contributed by atoms with Crippen LogP contribution in [0, 0.1) is 0 Å². The molecule has 1 saturated heterocycles. The highest BCUT2D eigenvalue weighted by Crippen LogP contribution is 2.29. The van der Waals surface area contributed by atoms with Crippen molar-refractivity contribution in [2.24, 2.45) is 0 Å². The number of ether oxygens (including phenoxy) is 2. The van der Waals surface area contributed by atoms with E-state index in [9.17, 15) is 4.79 Å². The second-order valence-electron chi connectivity index (χ2n) is 4.21. The number of carboxylic acid groups (broad SMARTS) is 1. The summed E-state index contributed by atoms with van der Waals surface area (Å²) in [6.07, 6.45) is 2.72. The molecule has 4 nitrogen and oxygen atoms in total. The molecular formula is C14H16O4S. The Morgan fingerprint density at radius 3 is 2.95 bits per heavy atom. The van der Waals surface area contributed by atoms with E-state index in [0.29, 0.717) is 5.25 Å². The highest BCUT2D eigenvalue weighted by atomic mass is 32.2. The predicted octanol–water partition coefficient (Wildman–Crippen LogP) is 2.43. The summed E-state index contributed by atoms with van der Waals surface area (Å²) in [6.45, 7) is 1.62. The zero-order valence-electron chi connectivity index (χ0n) is 10.7. The van der Waals surface area contributed by atoms with E-state index in [2.05, 4.69) is 0 Å². The van der Waals surface area contributed by atoms with Gasteiger partial charge in [-0.1, -0.05) is 6.07 Å². The fourth-order valence-electron chi connectivity index (χ4n) is 1.70. The van der Waals surface area contributed by atoms with Crippen LogP contribution in [0.3, 0.4) is 0 Å². The molecule has 102 valence electrons. The molecule has 1 N–H and O–H groups in total. The topological polar surface area (TPSA) is 55.8 Å². The van der Waals surface area contributed by atoms with Crippen molar-refractivity contribution in [2.75, 3.05) is 20.3 Å². The Morgan fingerprint density at radius 2 is 2.37 bits per heavy atom. The summed E-state index contributed by atoms with van der Waals surface area (Å²) >= 11 is 1.83. The average molecular weight is 280 g/mol. The summed E-state index contributed by atoms with van der Waals surface area (Å²) in [6, 6.07) is 5.68. The van der Waals surface area contributed by atoms with Crippen LogP contribution in [0.4, 0.5) is 0 Å². The minimum Gasteiger partial charge on any atom is -0.496 e. The third kappa shape index (κ3) is 4.01. The first-order chi connectivity index (χ1) is 9.19. The van der Waals surface area contributed by atoms with E-state index >= 15 is 0 Å². The normalized spacial score (nSPS) is 15.4. The van der Waals surface area contributed by atoms with Crippen LogP contribution < -0.4 is 4.74 Å². The lowest BCUT2D eigenvalue weighted by molar-refractivity contribution is -0.131. The maximum absolute atomic E-state index is 10.5. The van der Waals surface area contributed by atoms with Crippen LogP contribution in [0.1, 0.15) is 11.1 Å². The zero-order chi connectivity index (χ0) is 13.7. The van der Waals surface area contributed by atoms with Crippen molar-refractivity contribution >= 4 is 23.8 Å². The third-order valence-corrected chi connectivity index (χ3v) is 4.03. The highest BCUT2D eigenvalue weighted by Gasteiger charge is 2.19. The van der Waals surface area contributed by atoms with Crippen molar-refractivity contribution in [1.29, 1.82) is 0 Å². The van der Waals surface area contributed by atoms with Crippen molar-refractivity contribution in [3.63, 3.8) is 0 Å². The Bertz CT molecular complexity index is 480. The molecule has 0 aliphatic carbocycles. The standard InChI is InChI=1S/C14H16O4S/c1-17-13-4-2-10(3-5-14(15)16)6-11(13)9-19-12-7-18-8-12/h2-6,12H,7-9H2,1H3,(H,15,16). The van der Waals surface area contributed by atoms with Crippen molar-refractivity contribution in [3.05, 3.63) is 35.4 Å². The Hall–Kier alpha value is -1.46. The van der Waals surface area contributed by atoms with Crippen LogP contribution in [0.15, 0.2) is 24.3 Å². The fourth-order valence-corrected chi connectivity index (χ4v) is 2.73. The number of benzene rings is 1.